The number of hydrogen-bond donors (Lipinski definition) is 0. The summed E-state index contributed by atoms with van der Waals surface area (Å²) in [7, 11) is 0. The molecule has 1 saturated heterocycles. The molecule has 0 amide bonds. The van der Waals surface area contributed by atoms with E-state index in [1.54, 1.807) is 6.21 Å². The second kappa shape index (κ2) is 2.78. The number of fused-ring (bicyclic) bond motifs is 1. The van der Waals surface area contributed by atoms with Crippen LogP contribution in [0.5, 0.6) is 0 Å². The first kappa shape index (κ1) is 8.65. The predicted octanol–water partition coefficient (Wildman–Crippen LogP) is 1.89. The molecule has 0 aromatic heterocycles. The summed E-state index contributed by atoms with van der Waals surface area (Å²) in [4.78, 5) is 0. The Hall–Kier alpha value is 0.0600. The second-order valence-corrected chi connectivity index (χ2v) is 4.62. The van der Waals surface area contributed by atoms with Crippen molar-refractivity contribution in [3.05, 3.63) is 0 Å². The van der Waals surface area contributed by atoms with Gasteiger partial charge >= 0.3 is 0 Å². The number of hydrogen-bond acceptors (Lipinski definition) is 2. The van der Waals surface area contributed by atoms with Gasteiger partial charge in [-0.05, 0) is 6.42 Å². The molecule has 2 aliphatic rings. The molecule has 0 aromatic carbocycles. The molecule has 2 unspecified atom stereocenters. The molecule has 12 heavy (non-hydrogen) atoms. The van der Waals surface area contributed by atoms with Gasteiger partial charge < -0.3 is 0 Å². The molecule has 2 atom stereocenters. The summed E-state index contributed by atoms with van der Waals surface area (Å²) in [6.07, 6.45) is 2.17. The maximum Gasteiger partial charge on any atom is 0.271 e. The zero-order valence-corrected chi connectivity index (χ0v) is 8.54. The summed E-state index contributed by atoms with van der Waals surface area (Å²) in [5.74, 6) is -2.55. The average Bonchev–Trinajstić information content (AvgIpc) is 2.32. The minimum Gasteiger partial charge on any atom is -0.287 e. The molecule has 2 aliphatic heterocycles. The van der Waals surface area contributed by atoms with E-state index < -0.39 is 12.0 Å². The van der Waals surface area contributed by atoms with Crippen molar-refractivity contribution >= 4 is 28.8 Å². The quantitative estimate of drug-likeness (QED) is 0.490. The van der Waals surface area contributed by atoms with Crippen molar-refractivity contribution in [1.29, 1.82) is 0 Å². The Morgan fingerprint density at radius 2 is 2.33 bits per heavy atom. The van der Waals surface area contributed by atoms with Gasteiger partial charge in [-0.15, -0.1) is 0 Å². The largest absolute Gasteiger partial charge is 0.287 e. The molecule has 1 fully saturated rings. The van der Waals surface area contributed by atoms with Crippen LogP contribution in [0.3, 0.4) is 0 Å². The smallest absolute Gasteiger partial charge is 0.271 e. The highest BCUT2D eigenvalue weighted by Crippen LogP contribution is 2.38. The number of piperidine rings is 1. The molecule has 2 nitrogen and oxygen atoms in total. The van der Waals surface area contributed by atoms with Crippen molar-refractivity contribution in [2.24, 2.45) is 5.10 Å². The van der Waals surface area contributed by atoms with Crippen molar-refractivity contribution in [2.45, 2.75) is 28.7 Å². The minimum absolute atomic E-state index is 0.0109. The van der Waals surface area contributed by atoms with Crippen LogP contribution in [0.2, 0.25) is 0 Å². The van der Waals surface area contributed by atoms with E-state index in [0.717, 1.165) is 0 Å². The van der Waals surface area contributed by atoms with Gasteiger partial charge in [0.05, 0.1) is 3.92 Å². The SMILES string of the molecule is FC1(F)CCCN2N=CC(I)C21. The van der Waals surface area contributed by atoms with Gasteiger partial charge in [-0.1, -0.05) is 22.6 Å². The molecule has 0 radical (unpaired) electrons. The molecule has 0 N–H and O–H groups in total. The van der Waals surface area contributed by atoms with Crippen LogP contribution >= 0.6 is 22.6 Å². The number of halogens is 3. The summed E-state index contributed by atoms with van der Waals surface area (Å²) >= 11 is 2.02. The normalized spacial score (nSPS) is 38.4. The van der Waals surface area contributed by atoms with Crippen LogP contribution < -0.4 is 0 Å². The van der Waals surface area contributed by atoms with E-state index in [9.17, 15) is 8.78 Å². The highest BCUT2D eigenvalue weighted by atomic mass is 127. The van der Waals surface area contributed by atoms with E-state index in [2.05, 4.69) is 5.10 Å². The van der Waals surface area contributed by atoms with Gasteiger partial charge in [0.25, 0.3) is 5.92 Å². The van der Waals surface area contributed by atoms with Crippen molar-refractivity contribution in [1.82, 2.24) is 5.01 Å². The lowest BCUT2D eigenvalue weighted by atomic mass is 9.98. The maximum absolute atomic E-state index is 13.3. The van der Waals surface area contributed by atoms with Crippen molar-refractivity contribution < 1.29 is 8.78 Å². The highest BCUT2D eigenvalue weighted by molar-refractivity contribution is 14.1. The van der Waals surface area contributed by atoms with Crippen LogP contribution in [0, 0.1) is 0 Å². The molecular weight excluding hydrogens is 277 g/mol. The third-order valence-corrected chi connectivity index (χ3v) is 3.31. The number of nitrogens with zero attached hydrogens (tertiary/aromatic N) is 2. The van der Waals surface area contributed by atoms with Gasteiger partial charge in [-0.2, -0.15) is 5.10 Å². The van der Waals surface area contributed by atoms with Gasteiger partial charge in [0.2, 0.25) is 0 Å². The number of hydrazone groups is 1. The Labute approximate surface area is 83.1 Å². The van der Waals surface area contributed by atoms with Gasteiger partial charge in [-0.25, -0.2) is 8.78 Å². The molecule has 5 heteroatoms. The van der Waals surface area contributed by atoms with E-state index in [4.69, 9.17) is 0 Å². The number of rotatable bonds is 0. The summed E-state index contributed by atoms with van der Waals surface area (Å²) in [6, 6.07) is -0.688. The second-order valence-electron chi connectivity index (χ2n) is 3.18. The van der Waals surface area contributed by atoms with Gasteiger partial charge in [0.1, 0.15) is 6.04 Å². The van der Waals surface area contributed by atoms with Crippen molar-refractivity contribution in [2.75, 3.05) is 6.54 Å². The van der Waals surface area contributed by atoms with Crippen molar-refractivity contribution in [3.63, 3.8) is 0 Å². The molecule has 2 rings (SSSR count). The van der Waals surface area contributed by atoms with Crippen LogP contribution in [0.15, 0.2) is 5.10 Å². The Morgan fingerprint density at radius 1 is 1.58 bits per heavy atom. The lowest BCUT2D eigenvalue weighted by Crippen LogP contribution is -2.51. The van der Waals surface area contributed by atoms with Crippen LogP contribution in [0.1, 0.15) is 12.8 Å². The van der Waals surface area contributed by atoms with Gasteiger partial charge in [0.15, 0.2) is 0 Å². The highest BCUT2D eigenvalue weighted by Gasteiger charge is 2.50. The summed E-state index contributed by atoms with van der Waals surface area (Å²) < 4.78 is 26.4. The Balaban J connectivity index is 2.22. The molecule has 68 valence electrons. The molecule has 2 heterocycles. The van der Waals surface area contributed by atoms with E-state index in [1.165, 1.54) is 5.01 Å². The fourth-order valence-corrected chi connectivity index (χ4v) is 2.78. The molecule has 0 aliphatic carbocycles. The Bertz CT molecular complexity index is 219. The molecule has 0 aromatic rings. The lowest BCUT2D eigenvalue weighted by Gasteiger charge is -2.36. The molecule has 0 bridgehead atoms. The topological polar surface area (TPSA) is 15.6 Å². The molecule has 0 saturated carbocycles. The third kappa shape index (κ3) is 1.22. The fourth-order valence-electron chi connectivity index (χ4n) is 1.74. The Morgan fingerprint density at radius 3 is 3.00 bits per heavy atom. The van der Waals surface area contributed by atoms with Crippen molar-refractivity contribution in [3.8, 4) is 0 Å². The summed E-state index contributed by atoms with van der Waals surface area (Å²) in [5.41, 5.74) is 0. The van der Waals surface area contributed by atoms with Crippen LogP contribution in [0.25, 0.3) is 0 Å². The predicted molar refractivity (Wildman–Crippen MR) is 51.0 cm³/mol. The minimum atomic E-state index is -2.55. The van der Waals surface area contributed by atoms with Crippen LogP contribution in [-0.4, -0.2) is 33.7 Å². The monoisotopic (exact) mass is 286 g/mol. The number of alkyl halides is 3. The standard InChI is InChI=1S/C7H9F2IN2/c8-7(9)2-1-3-12-6(7)5(10)4-11-12/h4-6H,1-3H2. The first-order valence-electron chi connectivity index (χ1n) is 3.94. The van der Waals surface area contributed by atoms with E-state index in [-0.39, 0.29) is 10.3 Å². The first-order valence-corrected chi connectivity index (χ1v) is 5.18. The first-order chi connectivity index (χ1) is 5.61. The maximum atomic E-state index is 13.3. The fraction of sp³-hybridized carbons (Fsp3) is 0.857. The van der Waals surface area contributed by atoms with Gasteiger partial charge in [-0.3, -0.25) is 5.01 Å². The molecule has 0 spiro atoms. The Kier molecular flexibility index (Phi) is 2.00. The summed E-state index contributed by atoms with van der Waals surface area (Å²) in [6.45, 7) is 0.677. The third-order valence-electron chi connectivity index (χ3n) is 2.31. The lowest BCUT2D eigenvalue weighted by molar-refractivity contribution is -0.101. The van der Waals surface area contributed by atoms with Gasteiger partial charge in [0, 0.05) is 19.2 Å². The zero-order valence-electron chi connectivity index (χ0n) is 6.38. The average molecular weight is 286 g/mol. The van der Waals surface area contributed by atoms with Crippen LogP contribution in [-0.2, 0) is 0 Å². The zero-order chi connectivity index (χ0) is 8.77. The van der Waals surface area contributed by atoms with E-state index in [1.807, 2.05) is 22.6 Å². The van der Waals surface area contributed by atoms with Crippen LogP contribution in [0.4, 0.5) is 8.78 Å². The summed E-state index contributed by atoms with van der Waals surface area (Å²) in [5, 5.41) is 5.48. The molecular formula is C7H9F2IN2. The van der Waals surface area contributed by atoms with E-state index in [0.29, 0.717) is 13.0 Å². The van der Waals surface area contributed by atoms with E-state index >= 15 is 0 Å².